The Morgan fingerprint density at radius 1 is 1.00 bits per heavy atom. The average Bonchev–Trinajstić information content (AvgIpc) is 2.33. The van der Waals surface area contributed by atoms with Gasteiger partial charge in [-0.05, 0) is 19.8 Å². The fourth-order valence-electron chi connectivity index (χ4n) is 1.12. The van der Waals surface area contributed by atoms with Gasteiger partial charge in [0.1, 0.15) is 6.54 Å². The molecule has 0 atom stereocenters. The maximum atomic E-state index is 11.6. The largest absolute Gasteiger partial charge is 0.464 e. The molecule has 0 aliphatic rings. The molecule has 0 heterocycles. The van der Waals surface area contributed by atoms with Gasteiger partial charge >= 0.3 is 12.1 Å². The normalized spacial score (nSPS) is 9.82. The van der Waals surface area contributed by atoms with Crippen molar-refractivity contribution in [3.63, 3.8) is 0 Å². The molecule has 0 rings (SSSR count). The van der Waals surface area contributed by atoms with Gasteiger partial charge in [0, 0.05) is 6.54 Å². The van der Waals surface area contributed by atoms with Crippen LogP contribution in [-0.4, -0.2) is 43.3 Å². The van der Waals surface area contributed by atoms with Gasteiger partial charge < -0.3 is 9.47 Å². The molecule has 5 heteroatoms. The molecule has 0 saturated carbocycles. The molecule has 0 unspecified atom stereocenters. The molecule has 1 amide bonds. The number of carbonyl (C=O) groups excluding carboxylic acids is 2. The van der Waals surface area contributed by atoms with Crippen molar-refractivity contribution in [1.82, 2.24) is 4.90 Å². The van der Waals surface area contributed by atoms with Crippen LogP contribution >= 0.6 is 0 Å². The summed E-state index contributed by atoms with van der Waals surface area (Å²) < 4.78 is 9.93. The number of likely N-dealkylation sites (N-methyl/N-ethyl adjacent to an activating group) is 1. The SMILES string of the molecule is CCCCOC(=O)N(CC)CC(=O)OCCC. The van der Waals surface area contributed by atoms with E-state index in [1.54, 1.807) is 6.92 Å². The molecule has 0 N–H and O–H groups in total. The van der Waals surface area contributed by atoms with E-state index in [9.17, 15) is 9.59 Å². The smallest absolute Gasteiger partial charge is 0.410 e. The van der Waals surface area contributed by atoms with E-state index >= 15 is 0 Å². The predicted molar refractivity (Wildman–Crippen MR) is 64.8 cm³/mol. The van der Waals surface area contributed by atoms with Crippen LogP contribution in [0, 0.1) is 0 Å². The molecule has 17 heavy (non-hydrogen) atoms. The highest BCUT2D eigenvalue weighted by molar-refractivity contribution is 5.78. The van der Waals surface area contributed by atoms with Gasteiger partial charge in [-0.2, -0.15) is 0 Å². The zero-order chi connectivity index (χ0) is 13.1. The molecule has 0 fully saturated rings. The summed E-state index contributed by atoms with van der Waals surface area (Å²) in [6, 6.07) is 0. The molecular formula is C12H23NO4. The highest BCUT2D eigenvalue weighted by Gasteiger charge is 2.17. The number of hydrogen-bond acceptors (Lipinski definition) is 4. The molecule has 0 aliphatic heterocycles. The molecule has 0 bridgehead atoms. The number of esters is 1. The molecule has 0 aliphatic carbocycles. The van der Waals surface area contributed by atoms with Crippen LogP contribution in [0.25, 0.3) is 0 Å². The first-order valence-corrected chi connectivity index (χ1v) is 6.22. The molecule has 100 valence electrons. The van der Waals surface area contributed by atoms with E-state index in [0.29, 0.717) is 19.8 Å². The van der Waals surface area contributed by atoms with Crippen LogP contribution in [-0.2, 0) is 14.3 Å². The quantitative estimate of drug-likeness (QED) is 0.486. The number of hydrogen-bond donors (Lipinski definition) is 0. The second-order valence-electron chi connectivity index (χ2n) is 3.70. The Bertz CT molecular complexity index is 231. The molecule has 0 radical (unpaired) electrons. The van der Waals surface area contributed by atoms with Crippen LogP contribution in [0.15, 0.2) is 0 Å². The second-order valence-corrected chi connectivity index (χ2v) is 3.70. The first kappa shape index (κ1) is 15.7. The van der Waals surface area contributed by atoms with Gasteiger partial charge in [-0.15, -0.1) is 0 Å². The van der Waals surface area contributed by atoms with Crippen LogP contribution in [0.2, 0.25) is 0 Å². The maximum Gasteiger partial charge on any atom is 0.410 e. The van der Waals surface area contributed by atoms with Crippen LogP contribution in [0.4, 0.5) is 4.79 Å². The lowest BCUT2D eigenvalue weighted by atomic mass is 10.4. The van der Waals surface area contributed by atoms with Gasteiger partial charge in [-0.1, -0.05) is 20.3 Å². The number of amides is 1. The van der Waals surface area contributed by atoms with E-state index in [2.05, 4.69) is 0 Å². The first-order chi connectivity index (χ1) is 8.15. The Hall–Kier alpha value is -1.26. The first-order valence-electron chi connectivity index (χ1n) is 6.22. The number of ether oxygens (including phenoxy) is 2. The molecule has 0 aromatic carbocycles. The third-order valence-electron chi connectivity index (χ3n) is 2.15. The van der Waals surface area contributed by atoms with Crippen molar-refractivity contribution < 1.29 is 19.1 Å². The zero-order valence-corrected chi connectivity index (χ0v) is 11.0. The summed E-state index contributed by atoms with van der Waals surface area (Å²) in [6.45, 7) is 6.93. The van der Waals surface area contributed by atoms with Crippen molar-refractivity contribution in [2.24, 2.45) is 0 Å². The maximum absolute atomic E-state index is 11.6. The topological polar surface area (TPSA) is 55.8 Å². The molecular weight excluding hydrogens is 222 g/mol. The van der Waals surface area contributed by atoms with E-state index < -0.39 is 6.09 Å². The third-order valence-corrected chi connectivity index (χ3v) is 2.15. The summed E-state index contributed by atoms with van der Waals surface area (Å²) in [5, 5.41) is 0. The standard InChI is InChI=1S/C12H23NO4/c1-4-7-9-17-12(15)13(6-3)10-11(14)16-8-5-2/h4-10H2,1-3H3. The van der Waals surface area contributed by atoms with Gasteiger partial charge in [0.25, 0.3) is 0 Å². The Labute approximate surface area is 103 Å². The molecule has 5 nitrogen and oxygen atoms in total. The Morgan fingerprint density at radius 2 is 1.71 bits per heavy atom. The minimum absolute atomic E-state index is 0.0402. The van der Waals surface area contributed by atoms with Crippen molar-refractivity contribution in [3.8, 4) is 0 Å². The predicted octanol–water partition coefficient (Wildman–Crippen LogP) is 2.20. The van der Waals surface area contributed by atoms with E-state index in [4.69, 9.17) is 9.47 Å². The molecule has 0 saturated heterocycles. The highest BCUT2D eigenvalue weighted by atomic mass is 16.6. The van der Waals surface area contributed by atoms with Gasteiger partial charge in [-0.25, -0.2) is 4.79 Å². The summed E-state index contributed by atoms with van der Waals surface area (Å²) in [7, 11) is 0. The zero-order valence-electron chi connectivity index (χ0n) is 11.0. The monoisotopic (exact) mass is 245 g/mol. The number of nitrogens with zero attached hydrogens (tertiary/aromatic N) is 1. The molecule has 0 aromatic heterocycles. The summed E-state index contributed by atoms with van der Waals surface area (Å²) in [4.78, 5) is 24.2. The van der Waals surface area contributed by atoms with Crippen molar-refractivity contribution in [3.05, 3.63) is 0 Å². The molecule has 0 spiro atoms. The van der Waals surface area contributed by atoms with Gasteiger partial charge in [0.15, 0.2) is 0 Å². The number of carbonyl (C=O) groups is 2. The van der Waals surface area contributed by atoms with Gasteiger partial charge in [-0.3, -0.25) is 9.69 Å². The Kier molecular flexibility index (Phi) is 9.19. The minimum Gasteiger partial charge on any atom is -0.464 e. The lowest BCUT2D eigenvalue weighted by Gasteiger charge is -2.19. The molecule has 0 aromatic rings. The fourth-order valence-corrected chi connectivity index (χ4v) is 1.12. The van der Waals surface area contributed by atoms with Gasteiger partial charge in [0.2, 0.25) is 0 Å². The van der Waals surface area contributed by atoms with Crippen molar-refractivity contribution in [1.29, 1.82) is 0 Å². The van der Waals surface area contributed by atoms with E-state index in [0.717, 1.165) is 19.3 Å². The number of unbranched alkanes of at least 4 members (excludes halogenated alkanes) is 1. The summed E-state index contributed by atoms with van der Waals surface area (Å²) in [5.74, 6) is -0.388. The minimum atomic E-state index is -0.450. The third kappa shape index (κ3) is 7.60. The van der Waals surface area contributed by atoms with Crippen LogP contribution < -0.4 is 0 Å². The van der Waals surface area contributed by atoms with E-state index in [1.807, 2.05) is 13.8 Å². The lowest BCUT2D eigenvalue weighted by Crippen LogP contribution is -2.36. The average molecular weight is 245 g/mol. The fraction of sp³-hybridized carbons (Fsp3) is 0.833. The van der Waals surface area contributed by atoms with Gasteiger partial charge in [0.05, 0.1) is 13.2 Å². The van der Waals surface area contributed by atoms with Crippen molar-refractivity contribution in [2.75, 3.05) is 26.3 Å². The second kappa shape index (κ2) is 9.93. The highest BCUT2D eigenvalue weighted by Crippen LogP contribution is 1.98. The van der Waals surface area contributed by atoms with Crippen LogP contribution in [0.1, 0.15) is 40.0 Å². The van der Waals surface area contributed by atoms with E-state index in [1.165, 1.54) is 4.90 Å². The van der Waals surface area contributed by atoms with Crippen molar-refractivity contribution >= 4 is 12.1 Å². The Balaban J connectivity index is 3.95. The number of rotatable bonds is 8. The lowest BCUT2D eigenvalue weighted by molar-refractivity contribution is -0.144. The van der Waals surface area contributed by atoms with E-state index in [-0.39, 0.29) is 12.5 Å². The van der Waals surface area contributed by atoms with Crippen LogP contribution in [0.5, 0.6) is 0 Å². The Morgan fingerprint density at radius 3 is 2.24 bits per heavy atom. The van der Waals surface area contributed by atoms with Crippen molar-refractivity contribution in [2.45, 2.75) is 40.0 Å². The summed E-state index contributed by atoms with van der Waals surface area (Å²) in [5.41, 5.74) is 0. The summed E-state index contributed by atoms with van der Waals surface area (Å²) in [6.07, 6.45) is 2.13. The van der Waals surface area contributed by atoms with Crippen LogP contribution in [0.3, 0.4) is 0 Å². The summed E-state index contributed by atoms with van der Waals surface area (Å²) >= 11 is 0.